The maximum absolute atomic E-state index is 12.4. The lowest BCUT2D eigenvalue weighted by atomic mass is 10.1. The highest BCUT2D eigenvalue weighted by Crippen LogP contribution is 2.41. The molecule has 1 rings (SSSR count). The van der Waals surface area contributed by atoms with Crippen LogP contribution < -0.4 is 0 Å². The number of thioether (sulfide) groups is 1. The number of hydrogen-bond acceptors (Lipinski definition) is 2. The average molecular weight is 439 g/mol. The van der Waals surface area contributed by atoms with Crippen molar-refractivity contribution in [3.63, 3.8) is 0 Å². The topological polar surface area (TPSA) is 17.1 Å². The van der Waals surface area contributed by atoms with Gasteiger partial charge in [-0.3, -0.25) is 4.79 Å². The molecule has 0 aromatic heterocycles. The van der Waals surface area contributed by atoms with Crippen LogP contribution in [0, 0.1) is 3.57 Å². The largest absolute Gasteiger partial charge is 0.446 e. The van der Waals surface area contributed by atoms with Crippen molar-refractivity contribution >= 4 is 56.1 Å². The summed E-state index contributed by atoms with van der Waals surface area (Å²) in [5.74, 6) is -0.352. The molecule has 1 unspecified atom stereocenters. The van der Waals surface area contributed by atoms with Crippen molar-refractivity contribution in [2.24, 2.45) is 0 Å². The molecule has 0 saturated heterocycles. The summed E-state index contributed by atoms with van der Waals surface area (Å²) in [6.45, 7) is 1.59. The number of carbonyl (C=O) groups excluding carboxylic acids is 1. The summed E-state index contributed by atoms with van der Waals surface area (Å²) in [6, 6.07) is 4.53. The van der Waals surface area contributed by atoms with Crippen molar-refractivity contribution in [1.29, 1.82) is 0 Å². The summed E-state index contributed by atoms with van der Waals surface area (Å²) in [7, 11) is 0. The Morgan fingerprint density at radius 2 is 2.06 bits per heavy atom. The van der Waals surface area contributed by atoms with Gasteiger partial charge in [-0.15, -0.1) is 0 Å². The molecular formula is C10H7BrF3IOS. The molecule has 1 nitrogen and oxygen atoms in total. The van der Waals surface area contributed by atoms with E-state index in [4.69, 9.17) is 0 Å². The van der Waals surface area contributed by atoms with E-state index >= 15 is 0 Å². The lowest BCUT2D eigenvalue weighted by Crippen LogP contribution is -2.13. The number of hydrogen-bond donors (Lipinski definition) is 0. The number of halogens is 5. The van der Waals surface area contributed by atoms with Gasteiger partial charge in [0.15, 0.2) is 5.78 Å². The normalized spacial score (nSPS) is 13.5. The Balaban J connectivity index is 3.22. The molecule has 0 N–H and O–H groups in total. The second kappa shape index (κ2) is 5.92. The third-order valence-corrected chi connectivity index (χ3v) is 4.37. The lowest BCUT2D eigenvalue weighted by Gasteiger charge is -2.13. The highest BCUT2D eigenvalue weighted by Gasteiger charge is 2.32. The zero-order chi connectivity index (χ0) is 13.2. The smallest absolute Gasteiger partial charge is 0.293 e. The fourth-order valence-corrected chi connectivity index (χ4v) is 2.89. The van der Waals surface area contributed by atoms with E-state index in [1.54, 1.807) is 41.6 Å². The van der Waals surface area contributed by atoms with Gasteiger partial charge >= 0.3 is 5.51 Å². The first-order valence-electron chi connectivity index (χ1n) is 4.45. The third-order valence-electron chi connectivity index (χ3n) is 1.81. The fourth-order valence-electron chi connectivity index (χ4n) is 1.14. The SMILES string of the molecule is CC(Br)C(=O)c1cccc(I)c1SC(F)(F)F. The van der Waals surface area contributed by atoms with Gasteiger partial charge in [0.05, 0.1) is 4.83 Å². The minimum atomic E-state index is -4.40. The molecule has 0 bridgehead atoms. The Labute approximate surface area is 123 Å². The van der Waals surface area contributed by atoms with E-state index < -0.39 is 10.3 Å². The number of rotatable bonds is 3. The number of carbonyl (C=O) groups is 1. The average Bonchev–Trinajstić information content (AvgIpc) is 2.18. The van der Waals surface area contributed by atoms with Crippen LogP contribution in [0.1, 0.15) is 17.3 Å². The van der Waals surface area contributed by atoms with E-state index in [9.17, 15) is 18.0 Å². The van der Waals surface area contributed by atoms with Crippen molar-refractivity contribution in [1.82, 2.24) is 0 Å². The molecule has 0 aliphatic carbocycles. The highest BCUT2D eigenvalue weighted by atomic mass is 127. The van der Waals surface area contributed by atoms with Crippen LogP contribution >= 0.6 is 50.3 Å². The summed E-state index contributed by atoms with van der Waals surface area (Å²) in [5.41, 5.74) is -4.30. The first-order chi connectivity index (χ1) is 7.72. The Morgan fingerprint density at radius 3 is 2.53 bits per heavy atom. The molecule has 0 aliphatic rings. The van der Waals surface area contributed by atoms with E-state index in [0.29, 0.717) is 3.57 Å². The van der Waals surface area contributed by atoms with Gasteiger partial charge in [-0.05, 0) is 47.3 Å². The van der Waals surface area contributed by atoms with Crippen molar-refractivity contribution in [3.05, 3.63) is 27.3 Å². The number of alkyl halides is 4. The number of benzene rings is 1. The van der Waals surface area contributed by atoms with Gasteiger partial charge in [-0.1, -0.05) is 28.1 Å². The third kappa shape index (κ3) is 4.44. The van der Waals surface area contributed by atoms with Crippen LogP contribution in [-0.4, -0.2) is 16.1 Å². The molecule has 0 spiro atoms. The van der Waals surface area contributed by atoms with Crippen LogP contribution in [0.25, 0.3) is 0 Å². The van der Waals surface area contributed by atoms with E-state index in [1.807, 2.05) is 0 Å². The molecule has 0 fully saturated rings. The number of Topliss-reactive ketones (excluding diaryl/α,β-unsaturated/α-hetero) is 1. The van der Waals surface area contributed by atoms with Crippen molar-refractivity contribution in [2.75, 3.05) is 0 Å². The van der Waals surface area contributed by atoms with Crippen LogP contribution in [-0.2, 0) is 0 Å². The van der Waals surface area contributed by atoms with Gasteiger partial charge in [0.2, 0.25) is 0 Å². The van der Waals surface area contributed by atoms with E-state index in [1.165, 1.54) is 6.07 Å². The van der Waals surface area contributed by atoms with Crippen LogP contribution in [0.15, 0.2) is 23.1 Å². The molecule has 0 heterocycles. The maximum Gasteiger partial charge on any atom is 0.446 e. The molecule has 0 amide bonds. The predicted molar refractivity (Wildman–Crippen MR) is 73.8 cm³/mol. The van der Waals surface area contributed by atoms with Gasteiger partial charge in [-0.2, -0.15) is 13.2 Å². The van der Waals surface area contributed by atoms with Gasteiger partial charge < -0.3 is 0 Å². The van der Waals surface area contributed by atoms with E-state index in [2.05, 4.69) is 15.9 Å². The zero-order valence-electron chi connectivity index (χ0n) is 8.52. The molecular weight excluding hydrogens is 432 g/mol. The molecule has 1 atom stereocenters. The van der Waals surface area contributed by atoms with E-state index in [-0.39, 0.29) is 28.0 Å². The Hall–Kier alpha value is 0.240. The first-order valence-corrected chi connectivity index (χ1v) is 7.26. The van der Waals surface area contributed by atoms with Crippen LogP contribution in [0.4, 0.5) is 13.2 Å². The van der Waals surface area contributed by atoms with Crippen LogP contribution in [0.2, 0.25) is 0 Å². The zero-order valence-corrected chi connectivity index (χ0v) is 13.1. The molecule has 1 aromatic rings. The summed E-state index contributed by atoms with van der Waals surface area (Å²) in [5, 5.41) is 0. The Bertz CT molecular complexity index is 434. The lowest BCUT2D eigenvalue weighted by molar-refractivity contribution is -0.0328. The van der Waals surface area contributed by atoms with Crippen LogP contribution in [0.3, 0.4) is 0 Å². The minimum absolute atomic E-state index is 0.0306. The molecule has 94 valence electrons. The first kappa shape index (κ1) is 15.3. The second-order valence-corrected chi connectivity index (χ2v) is 6.76. The fraction of sp³-hybridized carbons (Fsp3) is 0.300. The quantitative estimate of drug-likeness (QED) is 0.290. The molecule has 7 heteroatoms. The summed E-state index contributed by atoms with van der Waals surface area (Å²) >= 11 is 4.62. The molecule has 0 saturated carbocycles. The molecule has 0 radical (unpaired) electrons. The monoisotopic (exact) mass is 438 g/mol. The highest BCUT2D eigenvalue weighted by molar-refractivity contribution is 14.1. The summed E-state index contributed by atoms with van der Waals surface area (Å²) in [4.78, 5) is 11.2. The van der Waals surface area contributed by atoms with E-state index in [0.717, 1.165) is 0 Å². The second-order valence-electron chi connectivity index (χ2n) is 3.14. The van der Waals surface area contributed by atoms with Gasteiger partial charge in [0.1, 0.15) is 0 Å². The molecule has 0 aliphatic heterocycles. The van der Waals surface area contributed by atoms with Crippen molar-refractivity contribution in [2.45, 2.75) is 22.2 Å². The van der Waals surface area contributed by atoms with Crippen molar-refractivity contribution < 1.29 is 18.0 Å². The standard InChI is InChI=1S/C10H7BrF3IOS/c1-5(11)8(16)6-3-2-4-7(15)9(6)17-10(12,13)14/h2-5H,1H3. The van der Waals surface area contributed by atoms with Crippen molar-refractivity contribution in [3.8, 4) is 0 Å². The maximum atomic E-state index is 12.4. The number of ketones is 1. The van der Waals surface area contributed by atoms with Gasteiger partial charge in [0.25, 0.3) is 0 Å². The molecule has 1 aromatic carbocycles. The van der Waals surface area contributed by atoms with Gasteiger partial charge in [-0.25, -0.2) is 0 Å². The Morgan fingerprint density at radius 1 is 1.47 bits per heavy atom. The summed E-state index contributed by atoms with van der Waals surface area (Å²) in [6.07, 6.45) is 0. The predicted octanol–water partition coefficient (Wildman–Crippen LogP) is 4.87. The van der Waals surface area contributed by atoms with Crippen LogP contribution in [0.5, 0.6) is 0 Å². The Kier molecular flexibility index (Phi) is 5.33. The minimum Gasteiger partial charge on any atom is -0.293 e. The molecule has 17 heavy (non-hydrogen) atoms. The van der Waals surface area contributed by atoms with Gasteiger partial charge in [0, 0.05) is 14.0 Å². The summed E-state index contributed by atoms with van der Waals surface area (Å²) < 4.78 is 37.6.